The van der Waals surface area contributed by atoms with E-state index in [1.807, 2.05) is 0 Å². The molecule has 0 saturated carbocycles. The van der Waals surface area contributed by atoms with Crippen LogP contribution in [0.5, 0.6) is 0 Å². The summed E-state index contributed by atoms with van der Waals surface area (Å²) < 4.78 is 103. The number of nitrogens with zero attached hydrogens (tertiary/aromatic N) is 3. The van der Waals surface area contributed by atoms with Crippen molar-refractivity contribution in [3.63, 3.8) is 0 Å². The summed E-state index contributed by atoms with van der Waals surface area (Å²) >= 11 is 0. The van der Waals surface area contributed by atoms with Crippen LogP contribution in [0.3, 0.4) is 0 Å². The van der Waals surface area contributed by atoms with E-state index in [-0.39, 0.29) is 106 Å². The number of carbonyl (C=O) groups is 1. The van der Waals surface area contributed by atoms with Gasteiger partial charge in [-0.3, -0.25) is 4.79 Å². The van der Waals surface area contributed by atoms with E-state index >= 15 is 0 Å². The van der Waals surface area contributed by atoms with Crippen LogP contribution in [0.15, 0.2) is 92.9 Å². The van der Waals surface area contributed by atoms with Crippen molar-refractivity contribution in [2.45, 2.75) is 36.0 Å². The van der Waals surface area contributed by atoms with E-state index in [1.54, 1.807) is 37.8 Å². The third-order valence-electron chi connectivity index (χ3n) is 6.78. The maximum absolute atomic E-state index is 13.0. The Kier molecular flexibility index (Phi) is 14.8. The summed E-state index contributed by atoms with van der Waals surface area (Å²) in [6.45, 7) is 4.86. The normalized spacial score (nSPS) is 18.0. The third kappa shape index (κ3) is 9.70. The van der Waals surface area contributed by atoms with Gasteiger partial charge in [0.1, 0.15) is 20.2 Å². The van der Waals surface area contributed by atoms with E-state index in [9.17, 15) is 43.7 Å². The summed E-state index contributed by atoms with van der Waals surface area (Å²) in [6.07, 6.45) is 6.20. The molecular formula is C26H24N3Na3O10S3. The van der Waals surface area contributed by atoms with Gasteiger partial charge in [-0.25, -0.2) is 25.3 Å². The summed E-state index contributed by atoms with van der Waals surface area (Å²) in [5, 5.41) is 5.25. The van der Waals surface area contributed by atoms with Gasteiger partial charge in [0.15, 0.2) is 0 Å². The van der Waals surface area contributed by atoms with E-state index in [0.717, 1.165) is 23.2 Å². The number of hydrogen-bond donors (Lipinski definition) is 0. The van der Waals surface area contributed by atoms with Gasteiger partial charge in [-0.05, 0) is 67.1 Å². The van der Waals surface area contributed by atoms with Gasteiger partial charge in [0.2, 0.25) is 0 Å². The average molecular weight is 704 g/mol. The Labute approximate surface area is 328 Å². The van der Waals surface area contributed by atoms with Crippen LogP contribution in [-0.4, -0.2) is 62.8 Å². The van der Waals surface area contributed by atoms with Gasteiger partial charge in [-0.1, -0.05) is 26.0 Å². The predicted octanol–water partition coefficient (Wildman–Crippen LogP) is -7.06. The first kappa shape index (κ1) is 42.4. The molecular weight excluding hydrogens is 679 g/mol. The summed E-state index contributed by atoms with van der Waals surface area (Å²) in [7, 11) is -14.0. The van der Waals surface area contributed by atoms with Crippen LogP contribution in [-0.2, 0) is 40.6 Å². The second kappa shape index (κ2) is 15.7. The minimum Gasteiger partial charge on any atom is -0.748 e. The molecule has 0 atom stereocenters. The van der Waals surface area contributed by atoms with E-state index < -0.39 is 57.2 Å². The zero-order valence-electron chi connectivity index (χ0n) is 25.4. The standard InChI is InChI=1S/C26H27N3O10S3.3Na/c1-17-21(25(30)29(27-17)18-8-10-19(11-9-18)41(34,35)36)6-4-5-7-24-26(2,3)22-16-20(42(37,38)39)12-13-23(22)28(24)14-15-40(31,32)33;;;/h4-13,16H,14-15H2,1-3H3,(H,31,32,33)(H,34,35,36)(H,37,38,39);;;/q;3*+1/p-3/b5-4+,21-6-,24-7+;;;. The molecule has 224 valence electrons. The first-order valence-electron chi connectivity index (χ1n) is 12.2. The minimum absolute atomic E-state index is 0. The molecule has 0 aliphatic carbocycles. The quantitative estimate of drug-likeness (QED) is 0.143. The van der Waals surface area contributed by atoms with Crippen LogP contribution in [0.25, 0.3) is 0 Å². The fraction of sp³-hybridized carbons (Fsp3) is 0.231. The Morgan fingerprint density at radius 3 is 1.89 bits per heavy atom. The van der Waals surface area contributed by atoms with E-state index in [2.05, 4.69) is 5.10 Å². The minimum atomic E-state index is -4.76. The fourth-order valence-corrected chi connectivity index (χ4v) is 6.06. The Morgan fingerprint density at radius 1 is 0.822 bits per heavy atom. The number of anilines is 2. The van der Waals surface area contributed by atoms with Crippen LogP contribution >= 0.6 is 0 Å². The molecule has 2 aliphatic heterocycles. The Balaban J connectivity index is 0.00000337. The summed E-state index contributed by atoms with van der Waals surface area (Å²) in [6, 6.07) is 8.44. The number of carbonyl (C=O) groups excluding carboxylic acids is 1. The third-order valence-corrected chi connectivity index (χ3v) is 9.14. The topological polar surface area (TPSA) is 208 Å². The first-order valence-corrected chi connectivity index (χ1v) is 16.6. The molecule has 2 heterocycles. The second-order valence-corrected chi connectivity index (χ2v) is 14.2. The van der Waals surface area contributed by atoms with Crippen LogP contribution in [0.1, 0.15) is 26.3 Å². The molecule has 0 aromatic heterocycles. The van der Waals surface area contributed by atoms with Gasteiger partial charge in [-0.2, -0.15) is 10.1 Å². The molecule has 45 heavy (non-hydrogen) atoms. The smallest absolute Gasteiger partial charge is 0.748 e. The molecule has 0 spiro atoms. The van der Waals surface area contributed by atoms with Crippen LogP contribution in [0, 0.1) is 0 Å². The number of fused-ring (bicyclic) bond motifs is 1. The molecule has 0 N–H and O–H groups in total. The molecule has 2 aromatic rings. The maximum atomic E-state index is 13.0. The first-order chi connectivity index (χ1) is 19.3. The van der Waals surface area contributed by atoms with Crippen molar-refractivity contribution in [1.29, 1.82) is 0 Å². The molecule has 0 saturated heterocycles. The largest absolute Gasteiger partial charge is 1.00 e. The molecule has 13 nitrogen and oxygen atoms in total. The number of allylic oxidation sites excluding steroid dienone is 5. The van der Waals surface area contributed by atoms with Gasteiger partial charge >= 0.3 is 88.7 Å². The fourth-order valence-electron chi connectivity index (χ4n) is 4.69. The summed E-state index contributed by atoms with van der Waals surface area (Å²) in [4.78, 5) is 13.7. The van der Waals surface area contributed by atoms with E-state index in [0.29, 0.717) is 22.7 Å². The summed E-state index contributed by atoms with van der Waals surface area (Å²) in [5.74, 6) is -1.23. The Bertz CT molecular complexity index is 1920. The van der Waals surface area contributed by atoms with Gasteiger partial charge in [0, 0.05) is 23.3 Å². The maximum Gasteiger partial charge on any atom is 1.00 e. The SMILES string of the molecule is CC1=NN(c2ccc(S(=O)(=O)[O-])cc2)C(=O)\C1=C/C=C/C=C1/N(CCS(=O)(=O)[O-])c2ccc(S(=O)(=O)[O-])cc2C1(C)C.[Na+].[Na+].[Na+]. The number of benzene rings is 2. The zero-order chi connectivity index (χ0) is 31.3. The number of rotatable bonds is 8. The van der Waals surface area contributed by atoms with Crippen molar-refractivity contribution >= 4 is 53.3 Å². The molecule has 0 radical (unpaired) electrons. The van der Waals surface area contributed by atoms with Gasteiger partial charge in [-0.15, -0.1) is 0 Å². The van der Waals surface area contributed by atoms with Crippen molar-refractivity contribution in [3.05, 3.63) is 83.6 Å². The van der Waals surface area contributed by atoms with Crippen molar-refractivity contribution in [1.82, 2.24) is 0 Å². The molecule has 2 aliphatic rings. The van der Waals surface area contributed by atoms with Crippen molar-refractivity contribution in [2.24, 2.45) is 5.10 Å². The van der Waals surface area contributed by atoms with Crippen molar-refractivity contribution in [3.8, 4) is 0 Å². The molecule has 1 amide bonds. The number of amides is 1. The molecule has 0 unspecified atom stereocenters. The van der Waals surface area contributed by atoms with Crippen LogP contribution in [0.4, 0.5) is 11.4 Å². The van der Waals surface area contributed by atoms with E-state index in [4.69, 9.17) is 0 Å². The van der Waals surface area contributed by atoms with Gasteiger partial charge in [0.25, 0.3) is 5.91 Å². The van der Waals surface area contributed by atoms with Gasteiger partial charge < -0.3 is 18.6 Å². The second-order valence-electron chi connectivity index (χ2n) is 9.94. The Hall–Kier alpha value is -0.670. The number of hydrazone groups is 1. The van der Waals surface area contributed by atoms with Crippen LogP contribution < -0.4 is 98.6 Å². The predicted molar refractivity (Wildman–Crippen MR) is 150 cm³/mol. The number of hydrogen-bond acceptors (Lipinski definition) is 12. The Morgan fingerprint density at radius 2 is 1.36 bits per heavy atom. The van der Waals surface area contributed by atoms with Gasteiger partial charge in [0.05, 0.1) is 42.6 Å². The zero-order valence-corrected chi connectivity index (χ0v) is 33.9. The van der Waals surface area contributed by atoms with Crippen molar-refractivity contribution in [2.75, 3.05) is 22.2 Å². The molecule has 2 aromatic carbocycles. The summed E-state index contributed by atoms with van der Waals surface area (Å²) in [5.41, 5.74) is 1.32. The molecule has 19 heteroatoms. The molecule has 0 bridgehead atoms. The van der Waals surface area contributed by atoms with E-state index in [1.165, 1.54) is 36.4 Å². The monoisotopic (exact) mass is 703 g/mol. The van der Waals surface area contributed by atoms with Crippen molar-refractivity contribution < 1.29 is 132 Å². The molecule has 4 rings (SSSR count). The molecule has 0 fully saturated rings. The van der Waals surface area contributed by atoms with Crippen LogP contribution in [0.2, 0.25) is 0 Å². The average Bonchev–Trinajstić information content (AvgIpc) is 3.27.